The molecule has 4 aromatic rings. The molecular formula is C28H34BrN7O5. The molecule has 0 spiro atoms. The highest BCUT2D eigenvalue weighted by Crippen LogP contribution is 2.39. The summed E-state index contributed by atoms with van der Waals surface area (Å²) in [5.41, 5.74) is 11.2. The van der Waals surface area contributed by atoms with Crippen LogP contribution in [0.25, 0.3) is 22.5 Å². The third-order valence-electron chi connectivity index (χ3n) is 7.49. The summed E-state index contributed by atoms with van der Waals surface area (Å²) in [6, 6.07) is 10.1. The molecular weight excluding hydrogens is 594 g/mol. The number of hydrogen-bond acceptors (Lipinski definition) is 8. The van der Waals surface area contributed by atoms with Gasteiger partial charge in [-0.25, -0.2) is 14.5 Å². The van der Waals surface area contributed by atoms with Crippen molar-refractivity contribution in [3.05, 3.63) is 59.1 Å². The minimum Gasteiger partial charge on any atom is -0.450 e. The second kappa shape index (κ2) is 13.4. The summed E-state index contributed by atoms with van der Waals surface area (Å²) < 4.78 is 16.1. The topological polar surface area (TPSA) is 153 Å². The van der Waals surface area contributed by atoms with Crippen LogP contribution in [0.4, 0.5) is 10.6 Å². The van der Waals surface area contributed by atoms with Crippen LogP contribution in [0.1, 0.15) is 37.3 Å². The third kappa shape index (κ3) is 7.04. The van der Waals surface area contributed by atoms with Crippen LogP contribution < -0.4 is 5.73 Å². The van der Waals surface area contributed by atoms with Gasteiger partial charge in [0.05, 0.1) is 54.2 Å². The molecule has 1 saturated carbocycles. The first kappa shape index (κ1) is 29.0. The van der Waals surface area contributed by atoms with E-state index in [1.54, 1.807) is 4.52 Å². The maximum atomic E-state index is 8.56. The summed E-state index contributed by atoms with van der Waals surface area (Å²) in [5.74, 6) is 0.904. The molecule has 218 valence electrons. The Morgan fingerprint density at radius 2 is 1.78 bits per heavy atom. The molecule has 0 bridgehead atoms. The zero-order chi connectivity index (χ0) is 28.8. The summed E-state index contributed by atoms with van der Waals surface area (Å²) in [6.07, 6.45) is 8.27. The monoisotopic (exact) mass is 627 g/mol. The molecule has 2 aliphatic rings. The molecule has 12 nitrogen and oxygen atoms in total. The highest BCUT2D eigenvalue weighted by Gasteiger charge is 2.28. The van der Waals surface area contributed by atoms with Crippen LogP contribution in [0.3, 0.4) is 0 Å². The lowest BCUT2D eigenvalue weighted by Gasteiger charge is -2.31. The molecule has 0 unspecified atom stereocenters. The number of nitrogens with two attached hydrogens (primary N) is 1. The number of ether oxygens (including phenoxy) is 2. The normalized spacial score (nSPS) is 19.5. The van der Waals surface area contributed by atoms with E-state index in [0.29, 0.717) is 17.8 Å². The fourth-order valence-electron chi connectivity index (χ4n) is 5.35. The number of benzene rings is 1. The number of para-hydroxylation sites is 1. The Morgan fingerprint density at radius 1 is 1.07 bits per heavy atom. The number of nitrogens with zero attached hydrogens (tertiary/aromatic N) is 6. The van der Waals surface area contributed by atoms with Gasteiger partial charge in [-0.1, -0.05) is 18.2 Å². The van der Waals surface area contributed by atoms with E-state index in [-0.39, 0.29) is 0 Å². The van der Waals surface area contributed by atoms with Gasteiger partial charge in [-0.2, -0.15) is 14.7 Å². The SMILES string of the molecule is Nc1c(Br)c([C@H]2CC[C@H](OCCN3CCOCC3)CC2)nc2c(-c3cnn(-c4ccccc4)c3)cnn12.O=C(O)O. The van der Waals surface area contributed by atoms with Crippen molar-refractivity contribution in [2.45, 2.75) is 37.7 Å². The fraction of sp³-hybridized carbons (Fsp3) is 0.429. The van der Waals surface area contributed by atoms with Gasteiger partial charge >= 0.3 is 6.16 Å². The van der Waals surface area contributed by atoms with Crippen molar-refractivity contribution >= 4 is 33.6 Å². The van der Waals surface area contributed by atoms with E-state index in [2.05, 4.69) is 31.0 Å². The van der Waals surface area contributed by atoms with Crippen LogP contribution in [0.2, 0.25) is 0 Å². The number of carboxylic acid groups (broad SMARTS) is 2. The lowest BCUT2D eigenvalue weighted by Crippen LogP contribution is -2.39. The van der Waals surface area contributed by atoms with E-state index in [1.807, 2.05) is 53.6 Å². The van der Waals surface area contributed by atoms with Crippen molar-refractivity contribution in [2.24, 2.45) is 0 Å². The van der Waals surface area contributed by atoms with Crippen molar-refractivity contribution < 1.29 is 24.5 Å². The summed E-state index contributed by atoms with van der Waals surface area (Å²) in [6.45, 7) is 5.43. The van der Waals surface area contributed by atoms with E-state index >= 15 is 0 Å². The van der Waals surface area contributed by atoms with Gasteiger partial charge in [-0.15, -0.1) is 0 Å². The van der Waals surface area contributed by atoms with E-state index in [0.717, 1.165) is 97.8 Å². The molecule has 0 radical (unpaired) electrons. The number of fused-ring (bicyclic) bond motifs is 1. The summed E-state index contributed by atoms with van der Waals surface area (Å²) in [7, 11) is 0. The smallest absolute Gasteiger partial charge is 0.450 e. The number of nitrogen functional groups attached to an aromatic ring is 1. The van der Waals surface area contributed by atoms with E-state index in [4.69, 9.17) is 35.2 Å². The van der Waals surface area contributed by atoms with Gasteiger partial charge in [0.25, 0.3) is 0 Å². The largest absolute Gasteiger partial charge is 0.503 e. The van der Waals surface area contributed by atoms with Crippen LogP contribution >= 0.6 is 15.9 Å². The van der Waals surface area contributed by atoms with Crippen LogP contribution in [-0.4, -0.2) is 91.2 Å². The average Bonchev–Trinajstić information content (AvgIpc) is 3.64. The molecule has 2 fully saturated rings. The van der Waals surface area contributed by atoms with Gasteiger partial charge in [0, 0.05) is 42.9 Å². The molecule has 0 atom stereocenters. The first-order valence-corrected chi connectivity index (χ1v) is 14.5. The van der Waals surface area contributed by atoms with E-state index in [1.165, 1.54) is 0 Å². The molecule has 1 aromatic carbocycles. The molecule has 4 heterocycles. The number of carbonyl (C=O) groups is 1. The molecule has 6 rings (SSSR count). The predicted molar refractivity (Wildman–Crippen MR) is 157 cm³/mol. The van der Waals surface area contributed by atoms with Gasteiger partial charge in [0.15, 0.2) is 5.65 Å². The molecule has 0 amide bonds. The minimum atomic E-state index is -1.83. The van der Waals surface area contributed by atoms with E-state index < -0.39 is 6.16 Å². The lowest BCUT2D eigenvalue weighted by molar-refractivity contribution is -0.0101. The zero-order valence-electron chi connectivity index (χ0n) is 22.6. The summed E-state index contributed by atoms with van der Waals surface area (Å²) in [4.78, 5) is 16.1. The van der Waals surface area contributed by atoms with Crippen molar-refractivity contribution in [2.75, 3.05) is 45.2 Å². The second-order valence-corrected chi connectivity index (χ2v) is 10.9. The first-order valence-electron chi connectivity index (χ1n) is 13.7. The molecule has 13 heteroatoms. The minimum absolute atomic E-state index is 0.312. The first-order chi connectivity index (χ1) is 19.9. The second-order valence-electron chi connectivity index (χ2n) is 10.1. The Bertz CT molecular complexity index is 1440. The van der Waals surface area contributed by atoms with Crippen molar-refractivity contribution in [3.8, 4) is 16.8 Å². The number of halogens is 1. The van der Waals surface area contributed by atoms with Crippen molar-refractivity contribution in [3.63, 3.8) is 0 Å². The van der Waals surface area contributed by atoms with Crippen molar-refractivity contribution in [1.29, 1.82) is 0 Å². The Hall–Kier alpha value is -3.52. The average molecular weight is 629 g/mol. The summed E-state index contributed by atoms with van der Waals surface area (Å²) >= 11 is 3.73. The van der Waals surface area contributed by atoms with Crippen LogP contribution in [0.5, 0.6) is 0 Å². The van der Waals surface area contributed by atoms with Crippen LogP contribution in [-0.2, 0) is 9.47 Å². The van der Waals surface area contributed by atoms with Gasteiger partial charge in [-0.3, -0.25) is 4.90 Å². The molecule has 1 saturated heterocycles. The Balaban J connectivity index is 0.000000794. The maximum absolute atomic E-state index is 8.56. The van der Waals surface area contributed by atoms with E-state index in [9.17, 15) is 0 Å². The van der Waals surface area contributed by atoms with Gasteiger partial charge in [-0.05, 0) is 53.7 Å². The van der Waals surface area contributed by atoms with Gasteiger partial charge < -0.3 is 25.4 Å². The number of hydrogen-bond donors (Lipinski definition) is 3. The maximum Gasteiger partial charge on any atom is 0.503 e. The quantitative estimate of drug-likeness (QED) is 0.266. The standard InChI is InChI=1S/C27H32BrN7O2.CH2O3/c28-24-25(19-6-8-22(9-7-19)37-15-12-33-10-13-36-14-11-33)32-27-23(17-31-35(27)26(24)29)20-16-30-34(18-20)21-4-2-1-3-5-21;2-1(3)4/h1-5,16-19,22H,6-15,29H2;(H2,2,3,4)/t19-,22-;. The Morgan fingerprint density at radius 3 is 2.49 bits per heavy atom. The van der Waals surface area contributed by atoms with Crippen LogP contribution in [0, 0.1) is 0 Å². The number of aromatic nitrogens is 5. The van der Waals surface area contributed by atoms with Gasteiger partial charge in [0.2, 0.25) is 0 Å². The molecule has 41 heavy (non-hydrogen) atoms. The Labute approximate surface area is 245 Å². The van der Waals surface area contributed by atoms with Crippen molar-refractivity contribution in [1.82, 2.24) is 29.3 Å². The lowest BCUT2D eigenvalue weighted by atomic mass is 9.85. The highest BCUT2D eigenvalue weighted by atomic mass is 79.9. The predicted octanol–water partition coefficient (Wildman–Crippen LogP) is 4.52. The third-order valence-corrected chi connectivity index (χ3v) is 8.30. The zero-order valence-corrected chi connectivity index (χ0v) is 24.2. The number of anilines is 1. The number of rotatable bonds is 7. The van der Waals surface area contributed by atoms with Gasteiger partial charge in [0.1, 0.15) is 5.82 Å². The number of morpholine rings is 1. The summed E-state index contributed by atoms with van der Waals surface area (Å²) in [5, 5.41) is 23.0. The molecule has 3 aromatic heterocycles. The van der Waals surface area contributed by atoms with Crippen LogP contribution in [0.15, 0.2) is 53.4 Å². The fourth-order valence-corrected chi connectivity index (χ4v) is 5.93. The molecule has 4 N–H and O–H groups in total. The Kier molecular flexibility index (Phi) is 9.49. The molecule has 1 aliphatic carbocycles. The molecule has 1 aliphatic heterocycles. The highest BCUT2D eigenvalue weighted by molar-refractivity contribution is 9.10.